The van der Waals surface area contributed by atoms with Gasteiger partial charge in [-0.2, -0.15) is 0 Å². The largest absolute Gasteiger partial charge is 0.453 e. The number of halogens is 2. The number of amides is 1. The topological polar surface area (TPSA) is 68.7 Å². The maximum absolute atomic E-state index is 13.6. The maximum Gasteiger partial charge on any atom is 0.289 e. The van der Waals surface area contributed by atoms with Gasteiger partial charge in [-0.05, 0) is 30.3 Å². The fourth-order valence-electron chi connectivity index (χ4n) is 3.12. The summed E-state index contributed by atoms with van der Waals surface area (Å²) in [5.74, 6) is -0.743. The van der Waals surface area contributed by atoms with Gasteiger partial charge in [0.15, 0.2) is 17.4 Å². The molecule has 0 aliphatic carbocycles. The lowest BCUT2D eigenvalue weighted by molar-refractivity contribution is 0.0689. The predicted octanol–water partition coefficient (Wildman–Crippen LogP) is 3.56. The first-order chi connectivity index (χ1) is 13.1. The van der Waals surface area contributed by atoms with E-state index in [0.717, 1.165) is 12.1 Å². The van der Waals surface area contributed by atoms with Crippen LogP contribution in [0.4, 0.5) is 8.78 Å². The normalized spacial score (nSPS) is 13.7. The van der Waals surface area contributed by atoms with Gasteiger partial charge < -0.3 is 18.6 Å². The first kappa shape index (κ1) is 17.4. The molecule has 3 aromatic rings. The highest BCUT2D eigenvalue weighted by Gasteiger charge is 2.29. The van der Waals surface area contributed by atoms with Gasteiger partial charge in [0.1, 0.15) is 23.8 Å². The van der Waals surface area contributed by atoms with Crippen molar-refractivity contribution in [3.05, 3.63) is 64.8 Å². The molecule has 0 fully saturated rings. The summed E-state index contributed by atoms with van der Waals surface area (Å²) in [4.78, 5) is 14.3. The van der Waals surface area contributed by atoms with Gasteiger partial charge in [-0.3, -0.25) is 4.79 Å². The van der Waals surface area contributed by atoms with Crippen LogP contribution in [0.1, 0.15) is 27.6 Å². The minimum Gasteiger partial charge on any atom is -0.453 e. The number of hydrogen-bond acceptors (Lipinski definition) is 5. The van der Waals surface area contributed by atoms with Gasteiger partial charge in [0.2, 0.25) is 0 Å². The summed E-state index contributed by atoms with van der Waals surface area (Å²) >= 11 is 0. The number of ether oxygens (including phenoxy) is 1. The van der Waals surface area contributed by atoms with E-state index in [2.05, 4.69) is 5.16 Å². The van der Waals surface area contributed by atoms with Crippen molar-refractivity contribution in [1.29, 1.82) is 0 Å². The van der Waals surface area contributed by atoms with Gasteiger partial charge >= 0.3 is 0 Å². The molecule has 4 rings (SSSR count). The quantitative estimate of drug-likeness (QED) is 0.699. The third kappa shape index (κ3) is 3.23. The third-order valence-electron chi connectivity index (χ3n) is 4.47. The Balaban J connectivity index is 1.59. The Hall–Kier alpha value is -3.00. The van der Waals surface area contributed by atoms with Crippen molar-refractivity contribution in [2.24, 2.45) is 0 Å². The molecule has 0 spiro atoms. The van der Waals surface area contributed by atoms with Crippen LogP contribution in [0.2, 0.25) is 0 Å². The van der Waals surface area contributed by atoms with Gasteiger partial charge in [-0.25, -0.2) is 8.78 Å². The summed E-state index contributed by atoms with van der Waals surface area (Å²) in [5.41, 5.74) is 1.48. The Morgan fingerprint density at radius 2 is 2.11 bits per heavy atom. The Bertz CT molecular complexity index is 996. The molecule has 0 radical (unpaired) electrons. The van der Waals surface area contributed by atoms with E-state index in [0.29, 0.717) is 41.3 Å². The first-order valence-electron chi connectivity index (χ1n) is 8.36. The van der Waals surface area contributed by atoms with Crippen LogP contribution in [0.3, 0.4) is 0 Å². The molecular formula is C19H16F2N2O4. The van der Waals surface area contributed by atoms with E-state index < -0.39 is 11.6 Å². The number of furan rings is 1. The highest BCUT2D eigenvalue weighted by Crippen LogP contribution is 2.31. The van der Waals surface area contributed by atoms with Crippen LogP contribution >= 0.6 is 0 Å². The molecule has 0 saturated carbocycles. The van der Waals surface area contributed by atoms with Gasteiger partial charge in [0, 0.05) is 31.2 Å². The van der Waals surface area contributed by atoms with Crippen LogP contribution in [0, 0.1) is 11.6 Å². The Labute approximate surface area is 153 Å². The van der Waals surface area contributed by atoms with Crippen molar-refractivity contribution in [2.75, 3.05) is 13.7 Å². The molecule has 0 bridgehead atoms. The average molecular weight is 374 g/mol. The second-order valence-electron chi connectivity index (χ2n) is 6.24. The van der Waals surface area contributed by atoms with Gasteiger partial charge in [-0.15, -0.1) is 0 Å². The molecule has 1 aliphatic rings. The maximum atomic E-state index is 13.6. The number of aromatic nitrogens is 1. The molecule has 0 unspecified atom stereocenters. The fourth-order valence-corrected chi connectivity index (χ4v) is 3.12. The molecule has 8 heteroatoms. The summed E-state index contributed by atoms with van der Waals surface area (Å²) in [7, 11) is 1.54. The minimum atomic E-state index is -0.964. The zero-order chi connectivity index (χ0) is 19.0. The lowest BCUT2D eigenvalue weighted by atomic mass is 10.0. The van der Waals surface area contributed by atoms with Crippen molar-refractivity contribution < 1.29 is 27.3 Å². The smallest absolute Gasteiger partial charge is 0.289 e. The Morgan fingerprint density at radius 3 is 2.89 bits per heavy atom. The standard InChI is InChI=1S/C19H16F2N2O4/c1-25-10-12-3-5-17(26-12)19(24)23-7-6-16-13(9-23)18(22-27-16)11-2-4-14(20)15(21)8-11/h2-5,8H,6-7,9-10H2,1H3. The number of nitrogens with zero attached hydrogens (tertiary/aromatic N) is 2. The molecule has 0 N–H and O–H groups in total. The SMILES string of the molecule is COCc1ccc(C(=O)N2CCc3onc(-c4ccc(F)c(F)c4)c3C2)o1. The number of carbonyl (C=O) groups is 1. The van der Waals surface area contributed by atoms with E-state index in [1.54, 1.807) is 24.1 Å². The second kappa shape index (κ2) is 6.96. The molecule has 1 amide bonds. The lowest BCUT2D eigenvalue weighted by Crippen LogP contribution is -2.35. The van der Waals surface area contributed by atoms with Crippen molar-refractivity contribution in [3.63, 3.8) is 0 Å². The molecule has 3 heterocycles. The number of hydrogen-bond donors (Lipinski definition) is 0. The molecule has 1 aromatic carbocycles. The summed E-state index contributed by atoms with van der Waals surface area (Å²) in [6.07, 6.45) is 0.476. The lowest BCUT2D eigenvalue weighted by Gasteiger charge is -2.25. The van der Waals surface area contributed by atoms with E-state index in [1.807, 2.05) is 0 Å². The third-order valence-corrected chi connectivity index (χ3v) is 4.47. The summed E-state index contributed by atoms with van der Waals surface area (Å²) in [5, 5.41) is 3.99. The molecular weight excluding hydrogens is 358 g/mol. The van der Waals surface area contributed by atoms with Crippen molar-refractivity contribution in [1.82, 2.24) is 10.1 Å². The molecule has 0 atom stereocenters. The minimum absolute atomic E-state index is 0.219. The van der Waals surface area contributed by atoms with Crippen LogP contribution in [0.25, 0.3) is 11.3 Å². The number of carbonyl (C=O) groups excluding carboxylic acids is 1. The molecule has 2 aromatic heterocycles. The van der Waals surface area contributed by atoms with Crippen LogP contribution < -0.4 is 0 Å². The molecule has 1 aliphatic heterocycles. The van der Waals surface area contributed by atoms with Crippen molar-refractivity contribution in [3.8, 4) is 11.3 Å². The highest BCUT2D eigenvalue weighted by atomic mass is 19.2. The summed E-state index contributed by atoms with van der Waals surface area (Å²) in [6, 6.07) is 6.84. The molecule has 0 saturated heterocycles. The average Bonchev–Trinajstić information content (AvgIpc) is 3.30. The Kier molecular flexibility index (Phi) is 4.49. The van der Waals surface area contributed by atoms with E-state index in [-0.39, 0.29) is 24.8 Å². The number of benzene rings is 1. The van der Waals surface area contributed by atoms with Crippen LogP contribution in [0.5, 0.6) is 0 Å². The predicted molar refractivity (Wildman–Crippen MR) is 89.7 cm³/mol. The fraction of sp³-hybridized carbons (Fsp3) is 0.263. The van der Waals surface area contributed by atoms with E-state index in [4.69, 9.17) is 13.7 Å². The van der Waals surface area contributed by atoms with Crippen LogP contribution in [-0.2, 0) is 24.3 Å². The second-order valence-corrected chi connectivity index (χ2v) is 6.24. The number of methoxy groups -OCH3 is 1. The van der Waals surface area contributed by atoms with Gasteiger partial charge in [0.05, 0.1) is 6.54 Å². The molecule has 6 nitrogen and oxygen atoms in total. The number of rotatable bonds is 4. The highest BCUT2D eigenvalue weighted by molar-refractivity contribution is 5.91. The van der Waals surface area contributed by atoms with Crippen LogP contribution in [0.15, 0.2) is 39.3 Å². The monoisotopic (exact) mass is 374 g/mol. The van der Waals surface area contributed by atoms with Crippen molar-refractivity contribution >= 4 is 5.91 Å². The zero-order valence-electron chi connectivity index (χ0n) is 14.5. The zero-order valence-corrected chi connectivity index (χ0v) is 14.5. The van der Waals surface area contributed by atoms with Crippen molar-refractivity contribution in [2.45, 2.75) is 19.6 Å². The molecule has 140 valence electrons. The Morgan fingerprint density at radius 1 is 1.26 bits per heavy atom. The van der Waals surface area contributed by atoms with E-state index in [9.17, 15) is 13.6 Å². The summed E-state index contributed by atoms with van der Waals surface area (Å²) in [6.45, 7) is 0.966. The van der Waals surface area contributed by atoms with E-state index >= 15 is 0 Å². The van der Waals surface area contributed by atoms with E-state index in [1.165, 1.54) is 6.07 Å². The van der Waals surface area contributed by atoms with Crippen LogP contribution in [-0.4, -0.2) is 29.6 Å². The summed E-state index contributed by atoms with van der Waals surface area (Å²) < 4.78 is 42.6. The van der Waals surface area contributed by atoms with Gasteiger partial charge in [-0.1, -0.05) is 5.16 Å². The molecule has 27 heavy (non-hydrogen) atoms. The first-order valence-corrected chi connectivity index (χ1v) is 8.36. The van der Waals surface area contributed by atoms with Gasteiger partial charge in [0.25, 0.3) is 5.91 Å². The number of fused-ring (bicyclic) bond motifs is 1.